The molecule has 2 heterocycles. The average molecular weight is 436 g/mol. The maximum atomic E-state index is 12.2. The predicted octanol–water partition coefficient (Wildman–Crippen LogP) is 2.71. The zero-order valence-electron chi connectivity index (χ0n) is 12.9. The number of carbonyl (C=O) groups excluding carboxylic acids is 1. The van der Waals surface area contributed by atoms with Gasteiger partial charge in [-0.05, 0) is 36.4 Å². The molecule has 22 heavy (non-hydrogen) atoms. The van der Waals surface area contributed by atoms with Gasteiger partial charge >= 0.3 is 0 Å². The van der Waals surface area contributed by atoms with Crippen LogP contribution in [0.2, 0.25) is 5.02 Å². The lowest BCUT2D eigenvalue weighted by Gasteiger charge is -2.16. The molecule has 0 aliphatic heterocycles. The van der Waals surface area contributed by atoms with E-state index in [0.29, 0.717) is 24.5 Å². The normalized spacial score (nSPS) is 11.0. The summed E-state index contributed by atoms with van der Waals surface area (Å²) in [6, 6.07) is 0. The van der Waals surface area contributed by atoms with Crippen LogP contribution >= 0.6 is 34.2 Å². The highest BCUT2D eigenvalue weighted by Crippen LogP contribution is 2.16. The lowest BCUT2D eigenvalue weighted by Crippen LogP contribution is -2.27. The van der Waals surface area contributed by atoms with E-state index in [2.05, 4.69) is 32.8 Å². The first-order chi connectivity index (χ1) is 10.4. The van der Waals surface area contributed by atoms with E-state index in [4.69, 9.17) is 11.6 Å². The first-order valence-electron chi connectivity index (χ1n) is 7.06. The summed E-state index contributed by atoms with van der Waals surface area (Å²) in [4.78, 5) is 13.9. The quantitative estimate of drug-likeness (QED) is 0.656. The van der Waals surface area contributed by atoms with Gasteiger partial charge in [0.15, 0.2) is 0 Å². The summed E-state index contributed by atoms with van der Waals surface area (Å²) in [7, 11) is 1.77. The number of aromatic nitrogens is 4. The molecule has 0 saturated carbocycles. The monoisotopic (exact) mass is 435 g/mol. The fraction of sp³-hybridized carbons (Fsp3) is 0.500. The van der Waals surface area contributed by atoms with Crippen molar-refractivity contribution < 1.29 is 4.79 Å². The highest BCUT2D eigenvalue weighted by atomic mass is 127. The van der Waals surface area contributed by atoms with Gasteiger partial charge < -0.3 is 4.90 Å². The molecule has 0 N–H and O–H groups in total. The average Bonchev–Trinajstić information content (AvgIpc) is 3.01. The number of hydrogen-bond acceptors (Lipinski definition) is 3. The van der Waals surface area contributed by atoms with Crippen LogP contribution in [0, 0.1) is 10.5 Å². The number of carbonyl (C=O) groups is 1. The molecular formula is C14H19ClIN5O. The Balaban J connectivity index is 1.91. The number of aryl methyl sites for hydroxylation is 2. The summed E-state index contributed by atoms with van der Waals surface area (Å²) in [6.07, 6.45) is 3.99. The molecule has 6 nitrogen and oxygen atoms in total. The molecule has 0 radical (unpaired) electrons. The van der Waals surface area contributed by atoms with Gasteiger partial charge in [-0.3, -0.25) is 14.2 Å². The third-order valence-electron chi connectivity index (χ3n) is 3.50. The van der Waals surface area contributed by atoms with E-state index >= 15 is 0 Å². The van der Waals surface area contributed by atoms with Gasteiger partial charge in [-0.2, -0.15) is 10.2 Å². The van der Waals surface area contributed by atoms with Gasteiger partial charge in [0.05, 0.1) is 21.3 Å². The molecule has 0 aliphatic carbocycles. The largest absolute Gasteiger partial charge is 0.340 e. The first-order valence-corrected chi connectivity index (χ1v) is 8.51. The van der Waals surface area contributed by atoms with Crippen LogP contribution < -0.4 is 0 Å². The summed E-state index contributed by atoms with van der Waals surface area (Å²) in [5, 5.41) is 9.22. The van der Waals surface area contributed by atoms with Crippen molar-refractivity contribution in [3.8, 4) is 0 Å². The summed E-state index contributed by atoms with van der Waals surface area (Å²) in [6.45, 7) is 5.75. The van der Waals surface area contributed by atoms with E-state index in [1.165, 1.54) is 0 Å². The number of amides is 1. The predicted molar refractivity (Wildman–Crippen MR) is 93.7 cm³/mol. The molecule has 2 aromatic heterocycles. The third kappa shape index (κ3) is 4.01. The Morgan fingerprint density at radius 2 is 2.23 bits per heavy atom. The standard InChI is InChI=1S/C14H19ClIN5O/c1-4-20-8-11(15)13(18-20)9-19(3)14(22)5-6-21-10(2)12(16)7-17-21/h7-8H,4-6,9H2,1-3H3. The third-order valence-corrected chi connectivity index (χ3v) is 4.88. The Bertz CT molecular complexity index is 666. The minimum atomic E-state index is 0.0482. The molecule has 0 aromatic carbocycles. The van der Waals surface area contributed by atoms with E-state index in [-0.39, 0.29) is 5.91 Å². The maximum absolute atomic E-state index is 12.2. The fourth-order valence-corrected chi connectivity index (χ4v) is 2.67. The second-order valence-electron chi connectivity index (χ2n) is 5.08. The molecule has 1 amide bonds. The number of nitrogens with zero attached hydrogens (tertiary/aromatic N) is 5. The summed E-state index contributed by atoms with van der Waals surface area (Å²) in [5.41, 5.74) is 1.81. The van der Waals surface area contributed by atoms with Gasteiger partial charge in [0.1, 0.15) is 5.69 Å². The molecule has 0 spiro atoms. The van der Waals surface area contributed by atoms with Crippen LogP contribution in [0.1, 0.15) is 24.7 Å². The van der Waals surface area contributed by atoms with Crippen LogP contribution in [0.4, 0.5) is 0 Å². The molecule has 120 valence electrons. The fourth-order valence-electron chi connectivity index (χ4n) is 2.06. The second-order valence-corrected chi connectivity index (χ2v) is 6.65. The molecule has 0 atom stereocenters. The minimum absolute atomic E-state index is 0.0482. The SMILES string of the molecule is CCn1cc(Cl)c(CN(C)C(=O)CCn2ncc(I)c2C)n1. The molecular weight excluding hydrogens is 417 g/mol. The molecule has 8 heteroatoms. The summed E-state index contributed by atoms with van der Waals surface area (Å²) >= 11 is 8.37. The Morgan fingerprint density at radius 1 is 1.50 bits per heavy atom. The first kappa shape index (κ1) is 17.3. The molecule has 2 rings (SSSR count). The highest BCUT2D eigenvalue weighted by Gasteiger charge is 2.14. The van der Waals surface area contributed by atoms with Crippen molar-refractivity contribution in [1.29, 1.82) is 0 Å². The Hall–Kier alpha value is -1.09. The Labute approximate surface area is 148 Å². The van der Waals surface area contributed by atoms with Crippen molar-refractivity contribution in [3.05, 3.63) is 32.4 Å². The van der Waals surface area contributed by atoms with E-state index in [9.17, 15) is 4.79 Å². The number of halogens is 2. The van der Waals surface area contributed by atoms with Gasteiger partial charge in [-0.1, -0.05) is 11.6 Å². The van der Waals surface area contributed by atoms with Crippen LogP contribution in [0.25, 0.3) is 0 Å². The lowest BCUT2D eigenvalue weighted by atomic mass is 10.3. The Morgan fingerprint density at radius 3 is 2.77 bits per heavy atom. The van der Waals surface area contributed by atoms with Crippen molar-refractivity contribution >= 4 is 40.1 Å². The van der Waals surface area contributed by atoms with Gasteiger partial charge in [0.2, 0.25) is 5.91 Å². The van der Waals surface area contributed by atoms with Crippen molar-refractivity contribution in [2.45, 2.75) is 39.9 Å². The van der Waals surface area contributed by atoms with Crippen LogP contribution in [0.5, 0.6) is 0 Å². The van der Waals surface area contributed by atoms with E-state index in [1.54, 1.807) is 29.0 Å². The van der Waals surface area contributed by atoms with Crippen molar-refractivity contribution in [2.75, 3.05) is 7.05 Å². The summed E-state index contributed by atoms with van der Waals surface area (Å²) in [5.74, 6) is 0.0482. The topological polar surface area (TPSA) is 56.0 Å². The number of rotatable bonds is 6. The molecule has 0 aliphatic rings. The van der Waals surface area contributed by atoms with Crippen LogP contribution in [-0.2, 0) is 24.4 Å². The van der Waals surface area contributed by atoms with Crippen molar-refractivity contribution in [1.82, 2.24) is 24.5 Å². The number of hydrogen-bond donors (Lipinski definition) is 0. The molecule has 0 saturated heterocycles. The Kier molecular flexibility index (Phi) is 5.85. The van der Waals surface area contributed by atoms with E-state index in [1.807, 2.05) is 18.5 Å². The smallest absolute Gasteiger partial charge is 0.224 e. The molecule has 0 bridgehead atoms. The van der Waals surface area contributed by atoms with Gasteiger partial charge in [0, 0.05) is 38.4 Å². The second kappa shape index (κ2) is 7.45. The minimum Gasteiger partial charge on any atom is -0.340 e. The summed E-state index contributed by atoms with van der Waals surface area (Å²) < 4.78 is 4.73. The highest BCUT2D eigenvalue weighted by molar-refractivity contribution is 14.1. The van der Waals surface area contributed by atoms with Crippen LogP contribution in [0.3, 0.4) is 0 Å². The molecule has 0 unspecified atom stereocenters. The van der Waals surface area contributed by atoms with Gasteiger partial charge in [-0.25, -0.2) is 0 Å². The zero-order valence-corrected chi connectivity index (χ0v) is 15.8. The van der Waals surface area contributed by atoms with E-state index < -0.39 is 0 Å². The van der Waals surface area contributed by atoms with Gasteiger partial charge in [0.25, 0.3) is 0 Å². The maximum Gasteiger partial charge on any atom is 0.224 e. The van der Waals surface area contributed by atoms with E-state index in [0.717, 1.165) is 21.5 Å². The van der Waals surface area contributed by atoms with Crippen LogP contribution in [0.15, 0.2) is 12.4 Å². The lowest BCUT2D eigenvalue weighted by molar-refractivity contribution is -0.130. The van der Waals surface area contributed by atoms with Crippen molar-refractivity contribution in [3.63, 3.8) is 0 Å². The zero-order chi connectivity index (χ0) is 16.3. The van der Waals surface area contributed by atoms with Crippen molar-refractivity contribution in [2.24, 2.45) is 0 Å². The van der Waals surface area contributed by atoms with Crippen LogP contribution in [-0.4, -0.2) is 37.4 Å². The molecule has 2 aromatic rings. The molecule has 0 fully saturated rings. The van der Waals surface area contributed by atoms with Gasteiger partial charge in [-0.15, -0.1) is 0 Å².